The lowest BCUT2D eigenvalue weighted by molar-refractivity contribution is -0.128. The van der Waals surface area contributed by atoms with Crippen LogP contribution in [0.4, 0.5) is 5.69 Å². The summed E-state index contributed by atoms with van der Waals surface area (Å²) in [6.45, 7) is 3.36. The highest BCUT2D eigenvalue weighted by atomic mass is 16.5. The fourth-order valence-corrected chi connectivity index (χ4v) is 3.49. The van der Waals surface area contributed by atoms with Crippen LogP contribution in [0, 0.1) is 18.3 Å². The number of likely N-dealkylation sites (tertiary alicyclic amines) is 1. The summed E-state index contributed by atoms with van der Waals surface area (Å²) in [5, 5.41) is 0. The predicted molar refractivity (Wildman–Crippen MR) is 109 cm³/mol. The largest absolute Gasteiger partial charge is 0.497 e. The minimum absolute atomic E-state index is 0.00240. The van der Waals surface area contributed by atoms with E-state index < -0.39 is 0 Å². The Labute approximate surface area is 165 Å². The first-order valence-electron chi connectivity index (χ1n) is 9.34. The van der Waals surface area contributed by atoms with Gasteiger partial charge in [-0.3, -0.25) is 9.59 Å². The molecule has 5 nitrogen and oxygen atoms in total. The smallest absolute Gasteiger partial charge is 0.232 e. The van der Waals surface area contributed by atoms with Gasteiger partial charge in [0, 0.05) is 37.3 Å². The van der Waals surface area contributed by atoms with Crippen LogP contribution in [0.15, 0.2) is 48.5 Å². The highest BCUT2D eigenvalue weighted by Crippen LogP contribution is 2.26. The van der Waals surface area contributed by atoms with Crippen LogP contribution in [0.5, 0.6) is 5.75 Å². The third kappa shape index (κ3) is 4.17. The third-order valence-electron chi connectivity index (χ3n) is 5.00. The zero-order valence-electron chi connectivity index (χ0n) is 16.2. The summed E-state index contributed by atoms with van der Waals surface area (Å²) >= 11 is 0. The van der Waals surface area contributed by atoms with E-state index in [0.717, 1.165) is 22.6 Å². The number of nitrogens with zero attached hydrogens (tertiary/aromatic N) is 2. The molecule has 144 valence electrons. The second-order valence-corrected chi connectivity index (χ2v) is 6.80. The van der Waals surface area contributed by atoms with Crippen molar-refractivity contribution in [1.29, 1.82) is 0 Å². The van der Waals surface area contributed by atoms with Crippen molar-refractivity contribution in [2.24, 2.45) is 5.92 Å². The molecular weight excluding hydrogens is 352 g/mol. The molecule has 0 radical (unpaired) electrons. The minimum atomic E-state index is -0.347. The molecule has 0 aromatic heterocycles. The van der Waals surface area contributed by atoms with Gasteiger partial charge in [-0.25, -0.2) is 0 Å². The van der Waals surface area contributed by atoms with Gasteiger partial charge in [0.2, 0.25) is 11.8 Å². The topological polar surface area (TPSA) is 49.9 Å². The molecule has 1 unspecified atom stereocenters. The first kappa shape index (κ1) is 19.5. The maximum Gasteiger partial charge on any atom is 0.232 e. The SMILES string of the molecule is C#Cc1cccc(N(CC)C(=O)C2CC(=O)N(Cc3ccc(OC)cc3)C2)c1. The standard InChI is InChI=1S/C23H24N2O3/c1-4-17-7-6-8-20(13-17)25(5-2)23(27)19-14-22(26)24(16-19)15-18-9-11-21(28-3)12-10-18/h1,6-13,19H,5,14-16H2,2-3H3. The average molecular weight is 376 g/mol. The second-order valence-electron chi connectivity index (χ2n) is 6.80. The van der Waals surface area contributed by atoms with Crippen LogP contribution in [0.3, 0.4) is 0 Å². The van der Waals surface area contributed by atoms with E-state index in [-0.39, 0.29) is 24.2 Å². The predicted octanol–water partition coefficient (Wildman–Crippen LogP) is 3.08. The molecule has 0 spiro atoms. The number of anilines is 1. The number of ether oxygens (including phenoxy) is 1. The number of carbonyl (C=O) groups is 2. The lowest BCUT2D eigenvalue weighted by Gasteiger charge is -2.24. The molecule has 3 rings (SSSR count). The molecule has 0 aliphatic carbocycles. The lowest BCUT2D eigenvalue weighted by atomic mass is 10.1. The van der Waals surface area contributed by atoms with Crippen molar-refractivity contribution >= 4 is 17.5 Å². The molecule has 1 aliphatic heterocycles. The molecule has 1 heterocycles. The van der Waals surface area contributed by atoms with Gasteiger partial charge in [0.15, 0.2) is 0 Å². The second kappa shape index (κ2) is 8.62. The van der Waals surface area contributed by atoms with Gasteiger partial charge >= 0.3 is 0 Å². The summed E-state index contributed by atoms with van der Waals surface area (Å²) in [6.07, 6.45) is 5.71. The maximum absolute atomic E-state index is 13.1. The van der Waals surface area contributed by atoms with Gasteiger partial charge in [0.25, 0.3) is 0 Å². The van der Waals surface area contributed by atoms with Crippen molar-refractivity contribution in [3.63, 3.8) is 0 Å². The fourth-order valence-electron chi connectivity index (χ4n) is 3.49. The number of terminal acetylenes is 1. The van der Waals surface area contributed by atoms with E-state index in [1.165, 1.54) is 0 Å². The van der Waals surface area contributed by atoms with Crippen LogP contribution in [0.2, 0.25) is 0 Å². The van der Waals surface area contributed by atoms with Gasteiger partial charge in [0.1, 0.15) is 5.75 Å². The van der Waals surface area contributed by atoms with E-state index in [1.54, 1.807) is 16.9 Å². The molecule has 1 fully saturated rings. The van der Waals surface area contributed by atoms with Crippen molar-refractivity contribution < 1.29 is 14.3 Å². The zero-order chi connectivity index (χ0) is 20.1. The number of hydrogen-bond donors (Lipinski definition) is 0. The first-order chi connectivity index (χ1) is 13.5. The van der Waals surface area contributed by atoms with Gasteiger partial charge in [-0.15, -0.1) is 6.42 Å². The van der Waals surface area contributed by atoms with Gasteiger partial charge in [-0.2, -0.15) is 0 Å². The number of hydrogen-bond acceptors (Lipinski definition) is 3. The Balaban J connectivity index is 1.70. The monoisotopic (exact) mass is 376 g/mol. The van der Waals surface area contributed by atoms with Crippen LogP contribution >= 0.6 is 0 Å². The molecule has 1 aliphatic rings. The highest BCUT2D eigenvalue weighted by molar-refractivity contribution is 5.99. The van der Waals surface area contributed by atoms with E-state index in [4.69, 9.17) is 11.2 Å². The number of carbonyl (C=O) groups excluding carboxylic acids is 2. The molecule has 1 atom stereocenters. The average Bonchev–Trinajstić information content (AvgIpc) is 3.09. The van der Waals surface area contributed by atoms with E-state index in [2.05, 4.69) is 5.92 Å². The molecule has 0 saturated carbocycles. The number of rotatable bonds is 6. The Morgan fingerprint density at radius 3 is 2.68 bits per heavy atom. The summed E-state index contributed by atoms with van der Waals surface area (Å²) < 4.78 is 5.16. The van der Waals surface area contributed by atoms with Gasteiger partial charge in [0.05, 0.1) is 13.0 Å². The zero-order valence-corrected chi connectivity index (χ0v) is 16.2. The van der Waals surface area contributed by atoms with Crippen molar-refractivity contribution in [2.45, 2.75) is 19.9 Å². The molecule has 28 heavy (non-hydrogen) atoms. The number of benzene rings is 2. The number of amides is 2. The van der Waals surface area contributed by atoms with Crippen molar-refractivity contribution in [1.82, 2.24) is 4.90 Å². The summed E-state index contributed by atoms with van der Waals surface area (Å²) in [6, 6.07) is 15.0. The van der Waals surface area contributed by atoms with Crippen LogP contribution in [0.25, 0.3) is 0 Å². The van der Waals surface area contributed by atoms with Crippen molar-refractivity contribution in [3.05, 3.63) is 59.7 Å². The maximum atomic E-state index is 13.1. The van der Waals surface area contributed by atoms with E-state index in [1.807, 2.05) is 55.5 Å². The van der Waals surface area contributed by atoms with Crippen molar-refractivity contribution in [3.8, 4) is 18.1 Å². The molecular formula is C23H24N2O3. The van der Waals surface area contributed by atoms with Crippen LogP contribution in [0.1, 0.15) is 24.5 Å². The highest BCUT2D eigenvalue weighted by Gasteiger charge is 2.36. The summed E-state index contributed by atoms with van der Waals surface area (Å²) in [5.74, 6) is 2.99. The van der Waals surface area contributed by atoms with Crippen LogP contribution in [-0.4, -0.2) is 36.9 Å². The van der Waals surface area contributed by atoms with E-state index in [9.17, 15) is 9.59 Å². The Kier molecular flexibility index (Phi) is 6.00. The minimum Gasteiger partial charge on any atom is -0.497 e. The summed E-state index contributed by atoms with van der Waals surface area (Å²) in [7, 11) is 1.62. The lowest BCUT2D eigenvalue weighted by Crippen LogP contribution is -2.37. The number of methoxy groups -OCH3 is 1. The Hall–Kier alpha value is -3.26. The molecule has 2 amide bonds. The molecule has 2 aromatic rings. The molecule has 5 heteroatoms. The quantitative estimate of drug-likeness (QED) is 0.728. The Morgan fingerprint density at radius 1 is 1.29 bits per heavy atom. The fraction of sp³-hybridized carbons (Fsp3) is 0.304. The molecule has 2 aromatic carbocycles. The molecule has 0 N–H and O–H groups in total. The summed E-state index contributed by atoms with van der Waals surface area (Å²) in [4.78, 5) is 29.0. The first-order valence-corrected chi connectivity index (χ1v) is 9.34. The van der Waals surface area contributed by atoms with Gasteiger partial charge < -0.3 is 14.5 Å². The van der Waals surface area contributed by atoms with Crippen molar-refractivity contribution in [2.75, 3.05) is 25.1 Å². The third-order valence-corrected chi connectivity index (χ3v) is 5.00. The van der Waals surface area contributed by atoms with Crippen LogP contribution in [-0.2, 0) is 16.1 Å². The Bertz CT molecular complexity index is 899. The van der Waals surface area contributed by atoms with E-state index >= 15 is 0 Å². The molecule has 1 saturated heterocycles. The molecule has 0 bridgehead atoms. The van der Waals surface area contributed by atoms with Crippen LogP contribution < -0.4 is 9.64 Å². The van der Waals surface area contributed by atoms with Gasteiger partial charge in [-0.1, -0.05) is 24.1 Å². The summed E-state index contributed by atoms with van der Waals surface area (Å²) in [5.41, 5.74) is 2.51. The Morgan fingerprint density at radius 2 is 2.04 bits per heavy atom. The van der Waals surface area contributed by atoms with E-state index in [0.29, 0.717) is 19.6 Å². The normalized spacial score (nSPS) is 16.0. The van der Waals surface area contributed by atoms with Gasteiger partial charge in [-0.05, 0) is 42.8 Å².